The quantitative estimate of drug-likeness (QED) is 0.242. The van der Waals surface area contributed by atoms with E-state index in [4.69, 9.17) is 4.74 Å². The van der Waals surface area contributed by atoms with E-state index < -0.39 is 5.82 Å². The van der Waals surface area contributed by atoms with Gasteiger partial charge < -0.3 is 25.2 Å². The third-order valence-corrected chi connectivity index (χ3v) is 8.94. The van der Waals surface area contributed by atoms with Gasteiger partial charge in [-0.3, -0.25) is 19.6 Å². The highest BCUT2D eigenvalue weighted by atomic mass is 32.1. The zero-order valence-corrected chi connectivity index (χ0v) is 24.9. The minimum Gasteiger partial charge on any atom is -0.453 e. The summed E-state index contributed by atoms with van der Waals surface area (Å²) in [5.41, 5.74) is 2.16. The van der Waals surface area contributed by atoms with Crippen LogP contribution in [-0.4, -0.2) is 69.8 Å². The average molecular weight is 615 g/mol. The van der Waals surface area contributed by atoms with Crippen LogP contribution in [-0.2, 0) is 4.79 Å². The van der Waals surface area contributed by atoms with Crippen LogP contribution in [0.15, 0.2) is 67.5 Å². The number of nitrogens with one attached hydrogen (secondary N) is 2. The van der Waals surface area contributed by atoms with Crippen molar-refractivity contribution in [3.63, 3.8) is 0 Å². The standard InChI is InChI=1S/C32H31FN6O4S/c1-3-29(40)38(2)22-11-14-39(15-12-22)31(41)19-4-8-24(35-18-19)28-17-25-30(44-28)27(10-13-34-25)43-26-9-7-21(16-23(26)33)37-32(42)36-20-5-6-20/h3-4,7-10,13,16-18,20,22H,1,5-6,11-12,14-15H2,2H3,(H2,36,37,42). The molecule has 12 heteroatoms. The van der Waals surface area contributed by atoms with E-state index in [1.165, 1.54) is 29.5 Å². The number of nitrogens with zero attached hydrogens (tertiary/aromatic N) is 4. The van der Waals surface area contributed by atoms with Crippen LogP contribution in [0, 0.1) is 5.82 Å². The summed E-state index contributed by atoms with van der Waals surface area (Å²) in [4.78, 5) is 50.3. The largest absolute Gasteiger partial charge is 0.453 e. The molecule has 6 rings (SSSR count). The fourth-order valence-corrected chi connectivity index (χ4v) is 6.15. The Morgan fingerprint density at radius 3 is 2.55 bits per heavy atom. The molecule has 2 aliphatic rings. The van der Waals surface area contributed by atoms with E-state index in [1.54, 1.807) is 53.5 Å². The minimum atomic E-state index is -0.612. The number of thiophene rings is 1. The van der Waals surface area contributed by atoms with Gasteiger partial charge in [-0.05, 0) is 62.1 Å². The number of amides is 4. The minimum absolute atomic E-state index is 0.0181. The van der Waals surface area contributed by atoms with E-state index in [1.807, 2.05) is 6.07 Å². The van der Waals surface area contributed by atoms with Crippen molar-refractivity contribution >= 4 is 45.1 Å². The van der Waals surface area contributed by atoms with E-state index >= 15 is 0 Å². The molecule has 0 spiro atoms. The molecule has 1 saturated heterocycles. The maximum atomic E-state index is 14.9. The molecular weight excluding hydrogens is 583 g/mol. The third kappa shape index (κ3) is 6.40. The number of urea groups is 1. The number of anilines is 1. The number of pyridine rings is 2. The van der Waals surface area contributed by atoms with E-state index in [-0.39, 0.29) is 35.7 Å². The number of ether oxygens (including phenoxy) is 1. The van der Waals surface area contributed by atoms with E-state index in [9.17, 15) is 18.8 Å². The molecule has 4 heterocycles. The Labute approximate surface area is 257 Å². The van der Waals surface area contributed by atoms with Crippen LogP contribution in [0.5, 0.6) is 11.5 Å². The summed E-state index contributed by atoms with van der Waals surface area (Å²) < 4.78 is 21.6. The van der Waals surface area contributed by atoms with Crippen LogP contribution < -0.4 is 15.4 Å². The van der Waals surface area contributed by atoms with Gasteiger partial charge in [-0.1, -0.05) is 6.58 Å². The number of likely N-dealkylation sites (tertiary alicyclic amines) is 1. The summed E-state index contributed by atoms with van der Waals surface area (Å²) in [5.74, 6) is -0.369. The molecule has 226 valence electrons. The molecule has 0 radical (unpaired) electrons. The Kier molecular flexibility index (Phi) is 8.25. The molecule has 2 N–H and O–H groups in total. The Morgan fingerprint density at radius 2 is 1.86 bits per heavy atom. The molecule has 0 unspecified atom stereocenters. The third-order valence-electron chi connectivity index (χ3n) is 7.78. The predicted molar refractivity (Wildman–Crippen MR) is 166 cm³/mol. The Hall–Kier alpha value is -4.84. The number of hydrogen-bond acceptors (Lipinski definition) is 7. The summed E-state index contributed by atoms with van der Waals surface area (Å²) in [6.07, 6.45) is 7.79. The normalized spacial score (nSPS) is 15.1. The smallest absolute Gasteiger partial charge is 0.319 e. The number of carbonyl (C=O) groups is 3. The lowest BCUT2D eigenvalue weighted by atomic mass is 10.0. The Balaban J connectivity index is 1.12. The van der Waals surface area contributed by atoms with Crippen LogP contribution in [0.25, 0.3) is 20.8 Å². The average Bonchev–Trinajstić information content (AvgIpc) is 3.74. The number of halogens is 1. The summed E-state index contributed by atoms with van der Waals surface area (Å²) >= 11 is 1.40. The molecule has 1 aromatic carbocycles. The summed E-state index contributed by atoms with van der Waals surface area (Å²) in [5, 5.41) is 5.44. The first kappa shape index (κ1) is 29.2. The van der Waals surface area contributed by atoms with Gasteiger partial charge in [-0.2, -0.15) is 0 Å². The van der Waals surface area contributed by atoms with Gasteiger partial charge >= 0.3 is 6.03 Å². The highest BCUT2D eigenvalue weighted by molar-refractivity contribution is 7.22. The lowest BCUT2D eigenvalue weighted by Crippen LogP contribution is -2.47. The van der Waals surface area contributed by atoms with Crippen molar-refractivity contribution in [1.29, 1.82) is 0 Å². The monoisotopic (exact) mass is 614 g/mol. The zero-order valence-electron chi connectivity index (χ0n) is 24.1. The number of likely N-dealkylation sites (N-methyl/N-ethyl adjacent to an activating group) is 1. The van der Waals surface area contributed by atoms with Gasteiger partial charge in [0.1, 0.15) is 5.75 Å². The molecule has 4 amide bonds. The maximum absolute atomic E-state index is 14.9. The van der Waals surface area contributed by atoms with Gasteiger partial charge in [-0.15, -0.1) is 11.3 Å². The number of rotatable bonds is 8. The van der Waals surface area contributed by atoms with E-state index in [0.29, 0.717) is 54.1 Å². The molecular formula is C32H31FN6O4S. The Bertz CT molecular complexity index is 1730. The summed E-state index contributed by atoms with van der Waals surface area (Å²) in [7, 11) is 1.76. The van der Waals surface area contributed by atoms with Crippen molar-refractivity contribution in [2.45, 2.75) is 37.8 Å². The van der Waals surface area contributed by atoms with Crippen molar-refractivity contribution in [2.24, 2.45) is 0 Å². The maximum Gasteiger partial charge on any atom is 0.319 e. The van der Waals surface area contributed by atoms with Crippen LogP contribution in [0.3, 0.4) is 0 Å². The molecule has 10 nitrogen and oxygen atoms in total. The van der Waals surface area contributed by atoms with Gasteiger partial charge in [0.05, 0.1) is 26.4 Å². The molecule has 44 heavy (non-hydrogen) atoms. The van der Waals surface area contributed by atoms with Crippen LogP contribution in [0.4, 0.5) is 14.9 Å². The SMILES string of the molecule is C=CC(=O)N(C)C1CCN(C(=O)c2ccc(-c3cc4nccc(Oc5ccc(NC(=O)NC6CC6)cc5F)c4s3)nc2)CC1. The number of aromatic nitrogens is 2. The molecule has 3 aromatic heterocycles. The highest BCUT2D eigenvalue weighted by Crippen LogP contribution is 2.39. The van der Waals surface area contributed by atoms with Crippen LogP contribution in [0.1, 0.15) is 36.0 Å². The summed E-state index contributed by atoms with van der Waals surface area (Å²) in [6, 6.07) is 11.3. The van der Waals surface area contributed by atoms with Crippen molar-refractivity contribution in [2.75, 3.05) is 25.5 Å². The number of hydrogen-bond donors (Lipinski definition) is 2. The highest BCUT2D eigenvalue weighted by Gasteiger charge is 2.27. The molecule has 0 bridgehead atoms. The zero-order chi connectivity index (χ0) is 30.8. The first-order valence-corrected chi connectivity index (χ1v) is 15.2. The molecule has 1 aliphatic carbocycles. The number of carbonyl (C=O) groups excluding carboxylic acids is 3. The molecule has 1 saturated carbocycles. The topological polar surface area (TPSA) is 117 Å². The number of fused-ring (bicyclic) bond motifs is 1. The van der Waals surface area contributed by atoms with Crippen LogP contribution in [0.2, 0.25) is 0 Å². The van der Waals surface area contributed by atoms with Crippen molar-refractivity contribution < 1.29 is 23.5 Å². The second-order valence-corrected chi connectivity index (χ2v) is 11.9. The number of benzene rings is 1. The van der Waals surface area contributed by atoms with Crippen molar-refractivity contribution in [1.82, 2.24) is 25.1 Å². The first-order valence-electron chi connectivity index (χ1n) is 14.4. The second-order valence-electron chi connectivity index (χ2n) is 10.9. The van der Waals surface area contributed by atoms with E-state index in [0.717, 1.165) is 22.4 Å². The molecule has 4 aromatic rings. The molecule has 1 aliphatic heterocycles. The Morgan fingerprint density at radius 1 is 1.07 bits per heavy atom. The lowest BCUT2D eigenvalue weighted by Gasteiger charge is -2.36. The van der Waals surface area contributed by atoms with Gasteiger partial charge in [-0.25, -0.2) is 9.18 Å². The van der Waals surface area contributed by atoms with E-state index in [2.05, 4.69) is 27.2 Å². The van der Waals surface area contributed by atoms with Crippen molar-refractivity contribution in [3.8, 4) is 22.1 Å². The summed E-state index contributed by atoms with van der Waals surface area (Å²) in [6.45, 7) is 4.66. The first-order chi connectivity index (χ1) is 21.3. The van der Waals surface area contributed by atoms with Gasteiger partial charge in [0.15, 0.2) is 11.6 Å². The van der Waals surface area contributed by atoms with Crippen molar-refractivity contribution in [3.05, 3.63) is 78.9 Å². The molecule has 2 fully saturated rings. The predicted octanol–water partition coefficient (Wildman–Crippen LogP) is 5.82. The second kappa shape index (κ2) is 12.4. The van der Waals surface area contributed by atoms with Gasteiger partial charge in [0.25, 0.3) is 5.91 Å². The van der Waals surface area contributed by atoms with Gasteiger partial charge in [0, 0.05) is 62.4 Å². The molecule has 0 atom stereocenters. The number of piperidine rings is 1. The fourth-order valence-electron chi connectivity index (χ4n) is 5.11. The van der Waals surface area contributed by atoms with Gasteiger partial charge in [0.2, 0.25) is 5.91 Å². The lowest BCUT2D eigenvalue weighted by molar-refractivity contribution is -0.127. The fraction of sp³-hybridized carbons (Fsp3) is 0.281. The van der Waals surface area contributed by atoms with Crippen LogP contribution >= 0.6 is 11.3 Å².